The molecule has 2 heterocycles. The Morgan fingerprint density at radius 3 is 2.86 bits per heavy atom. The first-order valence-corrected chi connectivity index (χ1v) is 4.51. The Bertz CT molecular complexity index is 548. The average molecular weight is 183 g/mol. The number of imidazole rings is 1. The predicted molar refractivity (Wildman–Crippen MR) is 55.0 cm³/mol. The Morgan fingerprint density at radius 1 is 1.14 bits per heavy atom. The van der Waals surface area contributed by atoms with Gasteiger partial charge in [-0.15, -0.1) is 0 Å². The van der Waals surface area contributed by atoms with Crippen molar-refractivity contribution in [3.8, 4) is 11.1 Å². The van der Waals surface area contributed by atoms with Gasteiger partial charge >= 0.3 is 0 Å². The lowest BCUT2D eigenvalue weighted by Crippen LogP contribution is -1.78. The number of benzene rings is 1. The van der Waals surface area contributed by atoms with E-state index < -0.39 is 0 Å². The van der Waals surface area contributed by atoms with Crippen LogP contribution in [0.2, 0.25) is 0 Å². The summed E-state index contributed by atoms with van der Waals surface area (Å²) in [6.45, 7) is 0. The number of rotatable bonds is 1. The fourth-order valence-corrected chi connectivity index (χ4v) is 1.64. The van der Waals surface area contributed by atoms with Crippen molar-refractivity contribution in [3.63, 3.8) is 0 Å². The Balaban J connectivity index is 2.28. The zero-order chi connectivity index (χ0) is 9.38. The molecule has 0 amide bonds. The Kier molecular flexibility index (Phi) is 1.44. The summed E-state index contributed by atoms with van der Waals surface area (Å²) in [6, 6.07) is 10.2. The molecular formula is C11H9N3. The van der Waals surface area contributed by atoms with Crippen LogP contribution in [0.25, 0.3) is 16.8 Å². The number of aromatic amines is 1. The van der Waals surface area contributed by atoms with E-state index in [1.54, 1.807) is 6.20 Å². The zero-order valence-corrected chi connectivity index (χ0v) is 7.51. The highest BCUT2D eigenvalue weighted by Crippen LogP contribution is 2.22. The molecule has 0 spiro atoms. The summed E-state index contributed by atoms with van der Waals surface area (Å²) < 4.78 is 1.91. The van der Waals surface area contributed by atoms with Gasteiger partial charge in [-0.2, -0.15) is 0 Å². The van der Waals surface area contributed by atoms with Crippen molar-refractivity contribution in [2.45, 2.75) is 0 Å². The highest BCUT2D eigenvalue weighted by atomic mass is 15.2. The van der Waals surface area contributed by atoms with Gasteiger partial charge in [0, 0.05) is 24.2 Å². The van der Waals surface area contributed by atoms with E-state index in [0.29, 0.717) is 0 Å². The zero-order valence-electron chi connectivity index (χ0n) is 7.51. The van der Waals surface area contributed by atoms with Gasteiger partial charge in [-0.05, 0) is 5.56 Å². The summed E-state index contributed by atoms with van der Waals surface area (Å²) in [5.41, 5.74) is 3.29. The molecule has 3 aromatic rings. The minimum absolute atomic E-state index is 0.969. The van der Waals surface area contributed by atoms with Gasteiger partial charge in [-0.25, -0.2) is 9.50 Å². The number of aromatic nitrogens is 3. The van der Waals surface area contributed by atoms with Crippen LogP contribution in [-0.4, -0.2) is 14.6 Å². The van der Waals surface area contributed by atoms with Gasteiger partial charge in [0.2, 0.25) is 0 Å². The molecular weight excluding hydrogens is 174 g/mol. The van der Waals surface area contributed by atoms with E-state index in [1.165, 1.54) is 5.56 Å². The molecule has 1 aromatic carbocycles. The third-order valence-corrected chi connectivity index (χ3v) is 2.31. The lowest BCUT2D eigenvalue weighted by atomic mass is 10.1. The summed E-state index contributed by atoms with van der Waals surface area (Å²) in [4.78, 5) is 4.29. The van der Waals surface area contributed by atoms with Gasteiger partial charge < -0.3 is 0 Å². The molecule has 0 aliphatic carbocycles. The second kappa shape index (κ2) is 2.73. The number of nitrogens with one attached hydrogen (secondary N) is 1. The maximum Gasteiger partial charge on any atom is 0.160 e. The van der Waals surface area contributed by atoms with Gasteiger partial charge in [0.15, 0.2) is 5.65 Å². The van der Waals surface area contributed by atoms with Crippen LogP contribution >= 0.6 is 0 Å². The monoisotopic (exact) mass is 183 g/mol. The summed E-state index contributed by atoms with van der Waals surface area (Å²) >= 11 is 0. The largest absolute Gasteiger partial charge is 0.299 e. The Hall–Kier alpha value is -2.03. The van der Waals surface area contributed by atoms with Gasteiger partial charge in [0.25, 0.3) is 0 Å². The van der Waals surface area contributed by atoms with E-state index >= 15 is 0 Å². The average Bonchev–Trinajstić information content (AvgIpc) is 2.79. The van der Waals surface area contributed by atoms with Crippen molar-refractivity contribution < 1.29 is 0 Å². The second-order valence-corrected chi connectivity index (χ2v) is 3.17. The molecule has 68 valence electrons. The predicted octanol–water partition coefficient (Wildman–Crippen LogP) is 2.33. The van der Waals surface area contributed by atoms with Crippen molar-refractivity contribution in [1.82, 2.24) is 14.6 Å². The fourth-order valence-electron chi connectivity index (χ4n) is 1.64. The maximum absolute atomic E-state index is 4.29. The molecule has 0 radical (unpaired) electrons. The van der Waals surface area contributed by atoms with Crippen LogP contribution in [0.3, 0.4) is 0 Å². The second-order valence-electron chi connectivity index (χ2n) is 3.17. The van der Waals surface area contributed by atoms with Crippen LogP contribution in [0.1, 0.15) is 0 Å². The van der Waals surface area contributed by atoms with E-state index in [4.69, 9.17) is 0 Å². The van der Waals surface area contributed by atoms with Crippen molar-refractivity contribution >= 4 is 5.65 Å². The molecule has 0 atom stereocenters. The molecule has 3 rings (SSSR count). The van der Waals surface area contributed by atoms with Crippen LogP contribution in [0.5, 0.6) is 0 Å². The molecule has 0 saturated heterocycles. The number of nitrogens with zero attached hydrogens (tertiary/aromatic N) is 2. The molecule has 0 saturated carbocycles. The molecule has 2 aromatic heterocycles. The number of hydrogen-bond donors (Lipinski definition) is 1. The van der Waals surface area contributed by atoms with Gasteiger partial charge in [-0.3, -0.25) is 5.10 Å². The van der Waals surface area contributed by atoms with Gasteiger partial charge in [-0.1, -0.05) is 30.3 Å². The number of H-pyrrole nitrogens is 1. The van der Waals surface area contributed by atoms with Crippen LogP contribution < -0.4 is 0 Å². The quantitative estimate of drug-likeness (QED) is 0.617. The first-order valence-electron chi connectivity index (χ1n) is 4.51. The standard InChI is InChI=1S/C11H9N3/c1-2-4-9(5-3-1)10-8-13-14-7-6-12-11(10)14/h1-8,13H. The highest BCUT2D eigenvalue weighted by Gasteiger charge is 2.05. The lowest BCUT2D eigenvalue weighted by Gasteiger charge is -1.94. The molecule has 0 aliphatic rings. The molecule has 3 heteroatoms. The molecule has 0 aliphatic heterocycles. The molecule has 14 heavy (non-hydrogen) atoms. The van der Waals surface area contributed by atoms with E-state index in [-0.39, 0.29) is 0 Å². The van der Waals surface area contributed by atoms with E-state index in [1.807, 2.05) is 35.1 Å². The van der Waals surface area contributed by atoms with Crippen molar-refractivity contribution in [3.05, 3.63) is 48.9 Å². The topological polar surface area (TPSA) is 33.1 Å². The van der Waals surface area contributed by atoms with E-state index in [9.17, 15) is 0 Å². The van der Waals surface area contributed by atoms with Crippen LogP contribution in [0.15, 0.2) is 48.9 Å². The maximum atomic E-state index is 4.29. The smallest absolute Gasteiger partial charge is 0.160 e. The van der Waals surface area contributed by atoms with Crippen molar-refractivity contribution in [2.75, 3.05) is 0 Å². The first-order chi connectivity index (χ1) is 6.95. The molecule has 0 bridgehead atoms. The molecule has 0 unspecified atom stereocenters. The molecule has 0 fully saturated rings. The molecule has 3 nitrogen and oxygen atoms in total. The van der Waals surface area contributed by atoms with Gasteiger partial charge in [0.05, 0.1) is 0 Å². The highest BCUT2D eigenvalue weighted by molar-refractivity contribution is 5.76. The number of hydrogen-bond acceptors (Lipinski definition) is 1. The van der Waals surface area contributed by atoms with Crippen LogP contribution in [0, 0.1) is 0 Å². The SMILES string of the molecule is c1ccc(-c2c[nH]n3ccnc23)cc1. The Morgan fingerprint density at radius 2 is 2.00 bits per heavy atom. The normalized spacial score (nSPS) is 10.9. The van der Waals surface area contributed by atoms with Crippen LogP contribution in [0.4, 0.5) is 0 Å². The summed E-state index contributed by atoms with van der Waals surface area (Å²) in [7, 11) is 0. The van der Waals surface area contributed by atoms with E-state index in [2.05, 4.69) is 22.2 Å². The minimum atomic E-state index is 0.969. The number of fused-ring (bicyclic) bond motifs is 1. The van der Waals surface area contributed by atoms with Crippen LogP contribution in [-0.2, 0) is 0 Å². The van der Waals surface area contributed by atoms with Crippen molar-refractivity contribution in [1.29, 1.82) is 0 Å². The Labute approximate surface area is 81.0 Å². The third kappa shape index (κ3) is 0.956. The summed E-state index contributed by atoms with van der Waals surface area (Å²) in [5, 5.41) is 3.12. The van der Waals surface area contributed by atoms with Crippen molar-refractivity contribution in [2.24, 2.45) is 0 Å². The van der Waals surface area contributed by atoms with E-state index in [0.717, 1.165) is 11.2 Å². The lowest BCUT2D eigenvalue weighted by molar-refractivity contribution is 0.973. The first kappa shape index (κ1) is 7.38. The van der Waals surface area contributed by atoms with Gasteiger partial charge in [0.1, 0.15) is 0 Å². The minimum Gasteiger partial charge on any atom is -0.299 e. The summed E-state index contributed by atoms with van der Waals surface area (Å²) in [6.07, 6.45) is 5.66. The third-order valence-electron chi connectivity index (χ3n) is 2.31. The molecule has 1 N–H and O–H groups in total. The summed E-state index contributed by atoms with van der Waals surface area (Å²) in [5.74, 6) is 0. The fraction of sp³-hybridized carbons (Fsp3) is 0.